The Labute approximate surface area is 345 Å². The number of nitrogens with two attached hydrogens (primary N) is 1. The van der Waals surface area contributed by atoms with Crippen molar-refractivity contribution in [2.24, 2.45) is 5.73 Å². The Bertz CT molecular complexity index is 674. The smallest absolute Gasteiger partial charge is 1.00 e. The SMILES string of the molecule is CCCCCCCCCCCCCC(=O)OC(=O)CC[C@H](N)C(=O)OC(=O)CCCCCCCCCCCCC.[H-].[H-].[K+].[K+]. The van der Waals surface area contributed by atoms with E-state index in [4.69, 9.17) is 15.2 Å². The van der Waals surface area contributed by atoms with E-state index in [9.17, 15) is 19.2 Å². The third kappa shape index (κ3) is 34.4. The van der Waals surface area contributed by atoms with Gasteiger partial charge >= 0.3 is 127 Å². The van der Waals surface area contributed by atoms with Crippen LogP contribution in [0.5, 0.6) is 0 Å². The van der Waals surface area contributed by atoms with Gasteiger partial charge < -0.3 is 18.1 Å². The van der Waals surface area contributed by atoms with Gasteiger partial charge in [-0.3, -0.25) is 14.4 Å². The van der Waals surface area contributed by atoms with Gasteiger partial charge in [0.25, 0.3) is 0 Å². The van der Waals surface area contributed by atoms with Gasteiger partial charge in [-0.1, -0.05) is 142 Å². The van der Waals surface area contributed by atoms with Crippen molar-refractivity contribution in [1.29, 1.82) is 0 Å². The number of carbonyl (C=O) groups is 4. The van der Waals surface area contributed by atoms with Crippen LogP contribution >= 0.6 is 0 Å². The number of ether oxygens (including phenoxy) is 2. The Balaban J connectivity index is -0.00000127. The molecule has 0 unspecified atom stereocenters. The second-order valence-electron chi connectivity index (χ2n) is 11.4. The van der Waals surface area contributed by atoms with Crippen LogP contribution in [0.4, 0.5) is 0 Å². The van der Waals surface area contributed by atoms with Crippen molar-refractivity contribution < 1.29 is 134 Å². The average molecular weight is 648 g/mol. The molecular weight excluding hydrogens is 585 g/mol. The van der Waals surface area contributed by atoms with Gasteiger partial charge in [-0.25, -0.2) is 4.79 Å². The zero-order valence-corrected chi connectivity index (χ0v) is 34.2. The number of esters is 4. The monoisotopic (exact) mass is 647 g/mol. The minimum Gasteiger partial charge on any atom is -1.00 e. The molecule has 0 radical (unpaired) electrons. The van der Waals surface area contributed by atoms with Crippen molar-refractivity contribution in [3.8, 4) is 0 Å². The van der Waals surface area contributed by atoms with Gasteiger partial charge in [0, 0.05) is 19.3 Å². The molecule has 0 saturated carbocycles. The standard InChI is InChI=1S/C33H61NO6.2K.2H/c1-3-5-7-9-11-13-15-17-19-21-23-25-30(35)39-32(37)28-27-29(34)33(38)40-31(36)26-24-22-20-18-16-14-12-10-8-6-4-2;;;;/h29H,3-28,34H2,1-2H3;;;;/q;2*+1;2*-1/t29-;;;;/m0..../s1. The summed E-state index contributed by atoms with van der Waals surface area (Å²) in [5.41, 5.74) is 5.76. The topological polar surface area (TPSA) is 113 Å². The number of hydrogen-bond acceptors (Lipinski definition) is 7. The van der Waals surface area contributed by atoms with Crippen LogP contribution in [0.1, 0.15) is 184 Å². The van der Waals surface area contributed by atoms with Gasteiger partial charge in [0.2, 0.25) is 0 Å². The van der Waals surface area contributed by atoms with Crippen LogP contribution in [-0.4, -0.2) is 29.9 Å². The van der Waals surface area contributed by atoms with Crippen LogP contribution in [0.25, 0.3) is 0 Å². The van der Waals surface area contributed by atoms with E-state index in [1.165, 1.54) is 103 Å². The van der Waals surface area contributed by atoms with E-state index in [2.05, 4.69) is 13.8 Å². The van der Waals surface area contributed by atoms with E-state index < -0.39 is 29.9 Å². The molecule has 0 heterocycles. The summed E-state index contributed by atoms with van der Waals surface area (Å²) >= 11 is 0. The molecule has 0 saturated heterocycles. The van der Waals surface area contributed by atoms with E-state index >= 15 is 0 Å². The Morgan fingerprint density at radius 2 is 0.762 bits per heavy atom. The summed E-state index contributed by atoms with van der Waals surface area (Å²) in [6, 6.07) is -1.10. The number of carbonyl (C=O) groups excluding carboxylic acids is 4. The number of unbranched alkanes of at least 4 members (excludes halogenated alkanes) is 20. The molecule has 0 spiro atoms. The second kappa shape index (κ2) is 37.0. The molecule has 0 aromatic rings. The van der Waals surface area contributed by atoms with E-state index in [-0.39, 0.29) is 131 Å². The molecule has 42 heavy (non-hydrogen) atoms. The van der Waals surface area contributed by atoms with Crippen molar-refractivity contribution in [3.05, 3.63) is 0 Å². The summed E-state index contributed by atoms with van der Waals surface area (Å²) in [5.74, 6) is -2.67. The van der Waals surface area contributed by atoms with Gasteiger partial charge in [0.1, 0.15) is 6.04 Å². The third-order valence-corrected chi connectivity index (χ3v) is 7.37. The summed E-state index contributed by atoms with van der Waals surface area (Å²) < 4.78 is 9.64. The molecule has 7 nitrogen and oxygen atoms in total. The quantitative estimate of drug-likeness (QED) is 0.0602. The predicted octanol–water partition coefficient (Wildman–Crippen LogP) is 2.87. The Morgan fingerprint density at radius 1 is 0.476 bits per heavy atom. The molecule has 0 amide bonds. The summed E-state index contributed by atoms with van der Waals surface area (Å²) in [6.07, 6.45) is 26.2. The molecule has 0 aromatic carbocycles. The largest absolute Gasteiger partial charge is 1.00 e. The molecule has 0 bridgehead atoms. The summed E-state index contributed by atoms with van der Waals surface area (Å²) in [4.78, 5) is 47.7. The molecular formula is C33H63K2NO6. The van der Waals surface area contributed by atoms with Crippen molar-refractivity contribution in [2.45, 2.75) is 187 Å². The number of hydrogen-bond donors (Lipinski definition) is 1. The molecule has 1 atom stereocenters. The Kier molecular flexibility index (Phi) is 42.2. The first-order valence-electron chi connectivity index (χ1n) is 16.6. The summed E-state index contributed by atoms with van der Waals surface area (Å²) in [7, 11) is 0. The first-order chi connectivity index (χ1) is 19.4. The molecule has 0 aliphatic rings. The predicted molar refractivity (Wildman–Crippen MR) is 164 cm³/mol. The molecule has 0 rings (SSSR count). The fourth-order valence-electron chi connectivity index (χ4n) is 4.73. The first kappa shape index (κ1) is 47.9. The molecule has 0 aromatic heterocycles. The fourth-order valence-corrected chi connectivity index (χ4v) is 4.73. The van der Waals surface area contributed by atoms with Gasteiger partial charge in [0.05, 0.1) is 0 Å². The zero-order chi connectivity index (χ0) is 29.7. The summed E-state index contributed by atoms with van der Waals surface area (Å²) in [6.45, 7) is 4.45. The van der Waals surface area contributed by atoms with Crippen LogP contribution in [0.3, 0.4) is 0 Å². The van der Waals surface area contributed by atoms with E-state index in [1.807, 2.05) is 0 Å². The maximum atomic E-state index is 12.0. The zero-order valence-electron chi connectivity index (χ0n) is 30.0. The maximum Gasteiger partial charge on any atom is 1.00 e. The van der Waals surface area contributed by atoms with Crippen molar-refractivity contribution in [2.75, 3.05) is 0 Å². The van der Waals surface area contributed by atoms with Crippen molar-refractivity contribution in [1.82, 2.24) is 0 Å². The average Bonchev–Trinajstić information content (AvgIpc) is 2.93. The fraction of sp³-hybridized carbons (Fsp3) is 0.879. The molecule has 238 valence electrons. The number of rotatable bonds is 28. The van der Waals surface area contributed by atoms with Crippen LogP contribution in [0.2, 0.25) is 0 Å². The van der Waals surface area contributed by atoms with Crippen LogP contribution in [0, 0.1) is 0 Å². The van der Waals surface area contributed by atoms with Gasteiger partial charge in [0.15, 0.2) is 0 Å². The molecule has 0 aliphatic carbocycles. The van der Waals surface area contributed by atoms with E-state index in [0.29, 0.717) is 12.8 Å². The Hall–Kier alpha value is 1.51. The van der Waals surface area contributed by atoms with Crippen molar-refractivity contribution in [3.63, 3.8) is 0 Å². The summed E-state index contributed by atoms with van der Waals surface area (Å²) in [5, 5.41) is 0. The Morgan fingerprint density at radius 3 is 1.12 bits per heavy atom. The van der Waals surface area contributed by atoms with Gasteiger partial charge in [-0.05, 0) is 19.3 Å². The molecule has 0 aliphatic heterocycles. The normalized spacial score (nSPS) is 11.2. The first-order valence-corrected chi connectivity index (χ1v) is 16.6. The van der Waals surface area contributed by atoms with Crippen LogP contribution < -0.4 is 109 Å². The van der Waals surface area contributed by atoms with E-state index in [0.717, 1.165) is 25.7 Å². The molecule has 0 fully saturated rings. The van der Waals surface area contributed by atoms with Crippen LogP contribution in [0.15, 0.2) is 0 Å². The molecule has 2 N–H and O–H groups in total. The molecule has 9 heteroatoms. The second-order valence-corrected chi connectivity index (χ2v) is 11.4. The van der Waals surface area contributed by atoms with Gasteiger partial charge in [-0.2, -0.15) is 0 Å². The van der Waals surface area contributed by atoms with Gasteiger partial charge in [-0.15, -0.1) is 0 Å². The van der Waals surface area contributed by atoms with Crippen LogP contribution in [-0.2, 0) is 28.7 Å². The van der Waals surface area contributed by atoms with E-state index in [1.54, 1.807) is 0 Å². The minimum atomic E-state index is -1.10. The third-order valence-electron chi connectivity index (χ3n) is 7.37. The maximum absolute atomic E-state index is 12.0. The minimum absolute atomic E-state index is 0. The van der Waals surface area contributed by atoms with Crippen molar-refractivity contribution >= 4 is 23.9 Å².